The molecule has 0 aliphatic heterocycles. The quantitative estimate of drug-likeness (QED) is 0.438. The Morgan fingerprint density at radius 1 is 1.11 bits per heavy atom. The highest BCUT2D eigenvalue weighted by atomic mass is 35.5. The van der Waals surface area contributed by atoms with Crippen LogP contribution in [0.1, 0.15) is 10.4 Å². The predicted octanol–water partition coefficient (Wildman–Crippen LogP) is 4.36. The average molecular weight is 438 g/mol. The first-order valence-corrected chi connectivity index (χ1v) is 10.4. The minimum absolute atomic E-state index is 0.100. The van der Waals surface area contributed by atoms with Gasteiger partial charge in [0.15, 0.2) is 0 Å². The molecule has 0 saturated heterocycles. The maximum Gasteiger partial charge on any atom is 0.271 e. The fourth-order valence-corrected chi connectivity index (χ4v) is 4.44. The molecule has 0 aliphatic rings. The summed E-state index contributed by atoms with van der Waals surface area (Å²) in [5, 5.41) is 15.2. The first kappa shape index (κ1) is 19.8. The second-order valence-corrected chi connectivity index (χ2v) is 8.75. The van der Waals surface area contributed by atoms with Crippen molar-refractivity contribution in [1.29, 1.82) is 0 Å². The molecule has 144 valence electrons. The number of sulfonamides is 1. The van der Waals surface area contributed by atoms with Crippen molar-refractivity contribution in [2.75, 3.05) is 10.0 Å². The lowest BCUT2D eigenvalue weighted by Gasteiger charge is -2.09. The Balaban J connectivity index is 1.74. The van der Waals surface area contributed by atoms with Gasteiger partial charge in [-0.15, -0.1) is 11.3 Å². The fourth-order valence-electron chi connectivity index (χ4n) is 2.23. The molecule has 0 aliphatic carbocycles. The number of nitrogens with zero attached hydrogens (tertiary/aromatic N) is 1. The topological polar surface area (TPSA) is 118 Å². The lowest BCUT2D eigenvalue weighted by molar-refractivity contribution is -0.384. The van der Waals surface area contributed by atoms with E-state index in [9.17, 15) is 23.3 Å². The number of anilines is 2. The molecule has 0 spiro atoms. The molecular formula is C17H12ClN3O5S2. The van der Waals surface area contributed by atoms with Gasteiger partial charge in [-0.25, -0.2) is 8.42 Å². The number of carbonyl (C=O) groups excluding carboxylic acids is 1. The molecular weight excluding hydrogens is 426 g/mol. The Hall–Kier alpha value is -2.95. The third-order valence-electron chi connectivity index (χ3n) is 3.57. The van der Waals surface area contributed by atoms with E-state index in [-0.39, 0.29) is 26.2 Å². The van der Waals surface area contributed by atoms with Crippen molar-refractivity contribution < 1.29 is 18.1 Å². The number of carbonyl (C=O) groups is 1. The van der Waals surface area contributed by atoms with Gasteiger partial charge in [-0.05, 0) is 41.8 Å². The van der Waals surface area contributed by atoms with E-state index in [1.807, 2.05) is 0 Å². The number of non-ortho nitro benzene ring substituents is 1. The number of benzene rings is 2. The summed E-state index contributed by atoms with van der Waals surface area (Å²) in [5.74, 6) is -0.546. The molecule has 1 amide bonds. The molecule has 0 radical (unpaired) electrons. The minimum atomic E-state index is -3.68. The van der Waals surface area contributed by atoms with Crippen LogP contribution in [-0.2, 0) is 10.0 Å². The maximum atomic E-state index is 12.4. The number of nitrogens with one attached hydrogen (secondary N) is 2. The SMILES string of the molecule is O=C(Nc1cc([N+](=O)[O-])ccc1Cl)c1ccc(NS(=O)(=O)c2cccs2)cc1. The molecule has 2 aromatic carbocycles. The summed E-state index contributed by atoms with van der Waals surface area (Å²) in [5.41, 5.74) is 0.404. The average Bonchev–Trinajstić information content (AvgIpc) is 3.19. The summed E-state index contributed by atoms with van der Waals surface area (Å²) in [6.07, 6.45) is 0. The van der Waals surface area contributed by atoms with E-state index < -0.39 is 20.9 Å². The van der Waals surface area contributed by atoms with Crippen LogP contribution < -0.4 is 10.0 Å². The summed E-state index contributed by atoms with van der Waals surface area (Å²) in [7, 11) is -3.68. The number of thiophene rings is 1. The van der Waals surface area contributed by atoms with Crippen LogP contribution in [0.2, 0.25) is 5.02 Å². The van der Waals surface area contributed by atoms with Gasteiger partial charge in [-0.3, -0.25) is 19.6 Å². The zero-order chi connectivity index (χ0) is 20.3. The van der Waals surface area contributed by atoms with Crippen LogP contribution >= 0.6 is 22.9 Å². The van der Waals surface area contributed by atoms with Crippen molar-refractivity contribution in [1.82, 2.24) is 0 Å². The van der Waals surface area contributed by atoms with Gasteiger partial charge in [0.2, 0.25) is 0 Å². The molecule has 3 rings (SSSR count). The van der Waals surface area contributed by atoms with E-state index in [1.165, 1.54) is 42.5 Å². The second kappa shape index (κ2) is 7.97. The van der Waals surface area contributed by atoms with E-state index in [1.54, 1.807) is 11.4 Å². The van der Waals surface area contributed by atoms with Crippen LogP contribution in [0.25, 0.3) is 0 Å². The van der Waals surface area contributed by atoms with Gasteiger partial charge < -0.3 is 5.32 Å². The van der Waals surface area contributed by atoms with Gasteiger partial charge in [-0.2, -0.15) is 0 Å². The molecule has 0 atom stereocenters. The van der Waals surface area contributed by atoms with Gasteiger partial charge in [0, 0.05) is 23.4 Å². The van der Waals surface area contributed by atoms with Gasteiger partial charge >= 0.3 is 0 Å². The van der Waals surface area contributed by atoms with Crippen LogP contribution in [0.3, 0.4) is 0 Å². The highest BCUT2D eigenvalue weighted by Crippen LogP contribution is 2.27. The monoisotopic (exact) mass is 437 g/mol. The molecule has 1 aromatic heterocycles. The Kier molecular flexibility index (Phi) is 5.63. The molecule has 11 heteroatoms. The van der Waals surface area contributed by atoms with Gasteiger partial charge in [0.1, 0.15) is 4.21 Å². The third kappa shape index (κ3) is 4.47. The summed E-state index contributed by atoms with van der Waals surface area (Å²) >= 11 is 7.05. The van der Waals surface area contributed by atoms with E-state index >= 15 is 0 Å². The Labute approximate surface area is 169 Å². The van der Waals surface area contributed by atoms with Crippen LogP contribution in [0.5, 0.6) is 0 Å². The molecule has 0 unspecified atom stereocenters. The number of hydrogen-bond acceptors (Lipinski definition) is 6. The Bertz CT molecular complexity index is 1130. The summed E-state index contributed by atoms with van der Waals surface area (Å²) in [4.78, 5) is 22.6. The lowest BCUT2D eigenvalue weighted by atomic mass is 10.2. The molecule has 3 aromatic rings. The number of nitro benzene ring substituents is 1. The molecule has 0 bridgehead atoms. The molecule has 28 heavy (non-hydrogen) atoms. The second-order valence-electron chi connectivity index (χ2n) is 5.49. The van der Waals surface area contributed by atoms with E-state index in [0.29, 0.717) is 5.69 Å². The van der Waals surface area contributed by atoms with E-state index in [0.717, 1.165) is 17.4 Å². The van der Waals surface area contributed by atoms with Crippen molar-refractivity contribution in [3.05, 3.63) is 80.7 Å². The number of halogens is 1. The number of rotatable bonds is 6. The number of hydrogen-bond donors (Lipinski definition) is 2. The largest absolute Gasteiger partial charge is 0.320 e. The highest BCUT2D eigenvalue weighted by Gasteiger charge is 2.16. The lowest BCUT2D eigenvalue weighted by Crippen LogP contribution is -2.14. The maximum absolute atomic E-state index is 12.4. The number of nitro groups is 1. The predicted molar refractivity (Wildman–Crippen MR) is 108 cm³/mol. The number of amides is 1. The van der Waals surface area contributed by atoms with Crippen molar-refractivity contribution in [3.8, 4) is 0 Å². The fraction of sp³-hybridized carbons (Fsp3) is 0. The minimum Gasteiger partial charge on any atom is -0.320 e. The Morgan fingerprint density at radius 3 is 2.43 bits per heavy atom. The molecule has 0 fully saturated rings. The van der Waals surface area contributed by atoms with Crippen molar-refractivity contribution in [2.24, 2.45) is 0 Å². The molecule has 8 nitrogen and oxygen atoms in total. The van der Waals surface area contributed by atoms with Gasteiger partial charge in [-0.1, -0.05) is 17.7 Å². The standard InChI is InChI=1S/C17H12ClN3O5S2/c18-14-8-7-13(21(23)24)10-15(14)19-17(22)11-3-5-12(6-4-11)20-28(25,26)16-2-1-9-27-16/h1-10,20H,(H,19,22). The van der Waals surface area contributed by atoms with Gasteiger partial charge in [0.25, 0.3) is 21.6 Å². The first-order chi connectivity index (χ1) is 13.3. The van der Waals surface area contributed by atoms with Crippen molar-refractivity contribution >= 4 is 55.9 Å². The normalized spacial score (nSPS) is 11.0. The van der Waals surface area contributed by atoms with Crippen LogP contribution in [0, 0.1) is 10.1 Å². The van der Waals surface area contributed by atoms with Crippen molar-refractivity contribution in [2.45, 2.75) is 4.21 Å². The van der Waals surface area contributed by atoms with Gasteiger partial charge in [0.05, 0.1) is 15.6 Å². The van der Waals surface area contributed by atoms with Crippen LogP contribution in [0.4, 0.5) is 17.1 Å². The molecule has 0 saturated carbocycles. The van der Waals surface area contributed by atoms with Crippen LogP contribution in [-0.4, -0.2) is 19.2 Å². The third-order valence-corrected chi connectivity index (χ3v) is 6.68. The summed E-state index contributed by atoms with van der Waals surface area (Å²) in [6.45, 7) is 0. The zero-order valence-electron chi connectivity index (χ0n) is 14.0. The van der Waals surface area contributed by atoms with E-state index in [2.05, 4.69) is 10.0 Å². The smallest absolute Gasteiger partial charge is 0.271 e. The zero-order valence-corrected chi connectivity index (χ0v) is 16.3. The first-order valence-electron chi connectivity index (χ1n) is 7.68. The molecule has 2 N–H and O–H groups in total. The summed E-state index contributed by atoms with van der Waals surface area (Å²) < 4.78 is 27.0. The summed E-state index contributed by atoms with van der Waals surface area (Å²) in [6, 6.07) is 12.5. The Morgan fingerprint density at radius 2 is 1.82 bits per heavy atom. The highest BCUT2D eigenvalue weighted by molar-refractivity contribution is 7.94. The van der Waals surface area contributed by atoms with E-state index in [4.69, 9.17) is 11.6 Å². The van der Waals surface area contributed by atoms with Crippen LogP contribution in [0.15, 0.2) is 64.2 Å². The van der Waals surface area contributed by atoms with Crippen molar-refractivity contribution in [3.63, 3.8) is 0 Å². The molecule has 1 heterocycles.